The van der Waals surface area contributed by atoms with Crippen molar-refractivity contribution in [2.75, 3.05) is 10.2 Å². The monoisotopic (exact) mass is 609 g/mol. The van der Waals surface area contributed by atoms with Gasteiger partial charge >= 0.3 is 0 Å². The molecule has 216 valence electrons. The zero-order chi connectivity index (χ0) is 30.5. The molecule has 4 aromatic rings. The van der Waals surface area contributed by atoms with Gasteiger partial charge in [-0.2, -0.15) is 0 Å². The fourth-order valence-electron chi connectivity index (χ4n) is 4.74. The number of anilines is 2. The van der Waals surface area contributed by atoms with Crippen molar-refractivity contribution in [3.63, 3.8) is 0 Å². The molecule has 0 saturated carbocycles. The van der Waals surface area contributed by atoms with Crippen molar-refractivity contribution in [2.24, 2.45) is 0 Å². The Kier molecular flexibility index (Phi) is 9.09. The molecule has 0 aromatic heterocycles. The third-order valence-electron chi connectivity index (χ3n) is 6.87. The molecule has 0 radical (unpaired) electrons. The zero-order valence-corrected chi connectivity index (χ0v) is 25.0. The van der Waals surface area contributed by atoms with E-state index in [0.717, 1.165) is 16.0 Å². The first-order valence-electron chi connectivity index (χ1n) is 13.5. The van der Waals surface area contributed by atoms with Crippen molar-refractivity contribution in [1.29, 1.82) is 0 Å². The van der Waals surface area contributed by atoms with Crippen molar-refractivity contribution in [3.8, 4) is 0 Å². The molecule has 2 N–H and O–H groups in total. The van der Waals surface area contributed by atoms with E-state index in [9.17, 15) is 19.2 Å². The number of carbonyl (C=O) groups is 4. The predicted molar refractivity (Wildman–Crippen MR) is 171 cm³/mol. The van der Waals surface area contributed by atoms with Crippen molar-refractivity contribution >= 4 is 64.4 Å². The molecule has 4 aromatic carbocycles. The normalized spacial score (nSPS) is 15.0. The van der Waals surface area contributed by atoms with Crippen LogP contribution in [0.5, 0.6) is 0 Å². The van der Waals surface area contributed by atoms with Crippen molar-refractivity contribution < 1.29 is 19.2 Å². The number of benzene rings is 4. The van der Waals surface area contributed by atoms with Gasteiger partial charge in [0.2, 0.25) is 11.8 Å². The van der Waals surface area contributed by atoms with Crippen molar-refractivity contribution in [3.05, 3.63) is 130 Å². The van der Waals surface area contributed by atoms with E-state index in [1.807, 2.05) is 32.0 Å². The highest BCUT2D eigenvalue weighted by atomic mass is 35.5. The molecule has 0 aliphatic carbocycles. The largest absolute Gasteiger partial charge is 0.321 e. The summed E-state index contributed by atoms with van der Waals surface area (Å²) in [5.74, 6) is -1.40. The molecule has 1 aliphatic rings. The SMILES string of the molecule is Cc1cccc(C)c1N1C(=O)CC(Sc2ccc(NC(=O)/C(=C/c3ccc(Cl)cc3)NC(=O)c3ccccc3)cc2)C1=O. The van der Waals surface area contributed by atoms with Gasteiger partial charge in [-0.3, -0.25) is 19.2 Å². The van der Waals surface area contributed by atoms with Gasteiger partial charge in [-0.15, -0.1) is 11.8 Å². The summed E-state index contributed by atoms with van der Waals surface area (Å²) in [5, 5.41) is 5.54. The van der Waals surface area contributed by atoms with Gasteiger partial charge in [0.05, 0.1) is 10.9 Å². The van der Waals surface area contributed by atoms with Gasteiger partial charge in [0, 0.05) is 27.6 Å². The number of nitrogens with zero attached hydrogens (tertiary/aromatic N) is 1. The molecular formula is C34H28ClN3O4S. The number of hydrogen-bond donors (Lipinski definition) is 2. The number of rotatable bonds is 8. The first-order chi connectivity index (χ1) is 20.7. The van der Waals surface area contributed by atoms with Crippen LogP contribution in [-0.2, 0) is 14.4 Å². The lowest BCUT2D eigenvalue weighted by molar-refractivity contribution is -0.121. The number of nitrogens with one attached hydrogen (secondary N) is 2. The van der Waals surface area contributed by atoms with Crippen LogP contribution in [0.1, 0.15) is 33.5 Å². The fraction of sp³-hybridized carbons (Fsp3) is 0.118. The van der Waals surface area contributed by atoms with Gasteiger partial charge < -0.3 is 10.6 Å². The number of carbonyl (C=O) groups excluding carboxylic acids is 4. The average molecular weight is 610 g/mol. The van der Waals surface area contributed by atoms with Crippen molar-refractivity contribution in [1.82, 2.24) is 5.32 Å². The second-order valence-electron chi connectivity index (χ2n) is 10.0. The maximum Gasteiger partial charge on any atom is 0.272 e. The molecule has 0 spiro atoms. The summed E-state index contributed by atoms with van der Waals surface area (Å²) >= 11 is 7.31. The molecule has 1 heterocycles. The summed E-state index contributed by atoms with van der Waals surface area (Å²) < 4.78 is 0. The topological polar surface area (TPSA) is 95.6 Å². The molecule has 1 saturated heterocycles. The van der Waals surface area contributed by atoms with Gasteiger partial charge in [0.15, 0.2) is 0 Å². The number of amides is 4. The highest BCUT2D eigenvalue weighted by Gasteiger charge is 2.41. The molecule has 1 fully saturated rings. The van der Waals surface area contributed by atoms with E-state index in [4.69, 9.17) is 11.6 Å². The van der Waals surface area contributed by atoms with E-state index in [-0.39, 0.29) is 23.9 Å². The van der Waals surface area contributed by atoms with Gasteiger partial charge in [0.1, 0.15) is 5.70 Å². The van der Waals surface area contributed by atoms with E-state index in [2.05, 4.69) is 10.6 Å². The Morgan fingerprint density at radius 1 is 0.860 bits per heavy atom. The molecule has 0 bridgehead atoms. The molecule has 5 rings (SSSR count). The highest BCUT2D eigenvalue weighted by molar-refractivity contribution is 8.00. The minimum atomic E-state index is -0.547. The Bertz CT molecular complexity index is 1700. The van der Waals surface area contributed by atoms with Gasteiger partial charge in [-0.05, 0) is 85.1 Å². The van der Waals surface area contributed by atoms with E-state index in [0.29, 0.717) is 27.5 Å². The van der Waals surface area contributed by atoms with E-state index < -0.39 is 17.1 Å². The Labute approximate surface area is 258 Å². The standard InChI is InChI=1S/C34H28ClN3O4S/c1-21-7-6-8-22(2)31(21)38-30(39)20-29(34(38)42)43-27-17-15-26(16-18-27)36-33(41)28(19-23-11-13-25(35)14-12-23)37-32(40)24-9-4-3-5-10-24/h3-19,29H,20H2,1-2H3,(H,36,41)(H,37,40)/b28-19-. The zero-order valence-electron chi connectivity index (χ0n) is 23.5. The summed E-state index contributed by atoms with van der Waals surface area (Å²) in [4.78, 5) is 54.3. The fourth-order valence-corrected chi connectivity index (χ4v) is 5.92. The lowest BCUT2D eigenvalue weighted by Crippen LogP contribution is -2.32. The van der Waals surface area contributed by atoms with Crippen LogP contribution in [0.4, 0.5) is 11.4 Å². The average Bonchev–Trinajstić information content (AvgIpc) is 3.27. The minimum absolute atomic E-state index is 0.0521. The third kappa shape index (κ3) is 7.05. The number of hydrogen-bond acceptors (Lipinski definition) is 5. The Morgan fingerprint density at radius 2 is 1.51 bits per heavy atom. The third-order valence-corrected chi connectivity index (χ3v) is 8.32. The summed E-state index contributed by atoms with van der Waals surface area (Å²) in [7, 11) is 0. The highest BCUT2D eigenvalue weighted by Crippen LogP contribution is 2.36. The molecule has 4 amide bonds. The summed E-state index contributed by atoms with van der Waals surface area (Å²) in [6.07, 6.45) is 1.68. The van der Waals surface area contributed by atoms with Crippen LogP contribution >= 0.6 is 23.4 Å². The Morgan fingerprint density at radius 3 is 2.16 bits per heavy atom. The molecule has 43 heavy (non-hydrogen) atoms. The van der Waals surface area contributed by atoms with E-state index in [1.165, 1.54) is 16.7 Å². The van der Waals surface area contributed by atoms with Crippen LogP contribution in [0.2, 0.25) is 5.02 Å². The lowest BCUT2D eigenvalue weighted by Gasteiger charge is -2.19. The van der Waals surface area contributed by atoms with Crippen LogP contribution in [-0.4, -0.2) is 28.9 Å². The number of thioether (sulfide) groups is 1. The number of para-hydroxylation sites is 1. The van der Waals surface area contributed by atoms with E-state index >= 15 is 0 Å². The molecule has 7 nitrogen and oxygen atoms in total. The van der Waals surface area contributed by atoms with E-state index in [1.54, 1.807) is 84.9 Å². The number of imide groups is 1. The van der Waals surface area contributed by atoms with Gasteiger partial charge in [0.25, 0.3) is 11.8 Å². The maximum absolute atomic E-state index is 13.3. The molecule has 1 atom stereocenters. The summed E-state index contributed by atoms with van der Waals surface area (Å²) in [6, 6.07) is 28.2. The molecule has 1 aliphatic heterocycles. The van der Waals surface area contributed by atoms with Crippen LogP contribution in [0.15, 0.2) is 108 Å². The van der Waals surface area contributed by atoms with Gasteiger partial charge in [-0.25, -0.2) is 4.90 Å². The van der Waals surface area contributed by atoms with Crippen LogP contribution < -0.4 is 15.5 Å². The molecular weight excluding hydrogens is 582 g/mol. The first kappa shape index (κ1) is 29.8. The lowest BCUT2D eigenvalue weighted by atomic mass is 10.1. The number of aryl methyl sites for hydroxylation is 2. The predicted octanol–water partition coefficient (Wildman–Crippen LogP) is 6.79. The molecule has 1 unspecified atom stereocenters. The summed E-state index contributed by atoms with van der Waals surface area (Å²) in [5.41, 5.74) is 4.04. The second kappa shape index (κ2) is 13.1. The maximum atomic E-state index is 13.3. The second-order valence-corrected chi connectivity index (χ2v) is 11.7. The summed E-state index contributed by atoms with van der Waals surface area (Å²) in [6.45, 7) is 3.78. The van der Waals surface area contributed by atoms with Crippen LogP contribution in [0.3, 0.4) is 0 Å². The Hall–Kier alpha value is -4.66. The smallest absolute Gasteiger partial charge is 0.272 e. The minimum Gasteiger partial charge on any atom is -0.321 e. The first-order valence-corrected chi connectivity index (χ1v) is 14.8. The van der Waals surface area contributed by atoms with Crippen molar-refractivity contribution in [2.45, 2.75) is 30.4 Å². The van der Waals surface area contributed by atoms with Crippen LogP contribution in [0.25, 0.3) is 6.08 Å². The number of halogens is 1. The quantitative estimate of drug-likeness (QED) is 0.169. The van der Waals surface area contributed by atoms with Crippen LogP contribution in [0, 0.1) is 13.8 Å². The molecule has 9 heteroatoms. The van der Waals surface area contributed by atoms with Gasteiger partial charge in [-0.1, -0.05) is 60.1 Å². The Balaban J connectivity index is 1.29.